The molecule has 0 saturated heterocycles. The van der Waals surface area contributed by atoms with E-state index in [4.69, 9.17) is 0 Å². The highest BCUT2D eigenvalue weighted by Gasteiger charge is 2.13. The number of aromatic hydroxyl groups is 1. The second kappa shape index (κ2) is 5.71. The topological polar surface area (TPSA) is 49.3 Å². The number of hydrogen-bond donors (Lipinski definition) is 2. The first-order valence-electron chi connectivity index (χ1n) is 5.99. The first-order chi connectivity index (χ1) is 7.91. The summed E-state index contributed by atoms with van der Waals surface area (Å²) in [5.41, 5.74) is 1.31. The van der Waals surface area contributed by atoms with Crippen LogP contribution in [-0.2, 0) is 0 Å². The highest BCUT2D eigenvalue weighted by molar-refractivity contribution is 5.96. The fraction of sp³-hybridized carbons (Fsp3) is 0.500. The Kier molecular flexibility index (Phi) is 4.55. The van der Waals surface area contributed by atoms with Gasteiger partial charge in [-0.2, -0.15) is 0 Å². The van der Waals surface area contributed by atoms with Crippen LogP contribution in [0.5, 0.6) is 5.75 Å². The molecule has 0 radical (unpaired) electrons. The number of phenolic OH excluding ortho intramolecular Hbond substituents is 1. The van der Waals surface area contributed by atoms with Crippen molar-refractivity contribution in [3.63, 3.8) is 0 Å². The van der Waals surface area contributed by atoms with Gasteiger partial charge in [0.05, 0.1) is 5.56 Å². The van der Waals surface area contributed by atoms with Gasteiger partial charge in [-0.1, -0.05) is 32.4 Å². The molecule has 1 unspecified atom stereocenters. The van der Waals surface area contributed by atoms with Crippen LogP contribution in [0.25, 0.3) is 0 Å². The minimum Gasteiger partial charge on any atom is -0.507 e. The van der Waals surface area contributed by atoms with Crippen molar-refractivity contribution < 1.29 is 9.90 Å². The number of benzene rings is 1. The molecule has 94 valence electrons. The van der Waals surface area contributed by atoms with E-state index in [1.807, 2.05) is 6.92 Å². The number of aryl methyl sites for hydroxylation is 1. The zero-order valence-corrected chi connectivity index (χ0v) is 10.9. The zero-order valence-electron chi connectivity index (χ0n) is 10.9. The SMILES string of the molecule is Cc1ccc(O)c(C(=O)NCC(C)C(C)C)c1. The van der Waals surface area contributed by atoms with E-state index in [0.29, 0.717) is 23.9 Å². The lowest BCUT2D eigenvalue weighted by Gasteiger charge is -2.16. The normalized spacial score (nSPS) is 12.5. The molecule has 0 spiro atoms. The van der Waals surface area contributed by atoms with Crippen molar-refractivity contribution in [3.8, 4) is 5.75 Å². The summed E-state index contributed by atoms with van der Waals surface area (Å²) >= 11 is 0. The van der Waals surface area contributed by atoms with Crippen molar-refractivity contribution in [3.05, 3.63) is 29.3 Å². The summed E-state index contributed by atoms with van der Waals surface area (Å²) in [4.78, 5) is 11.9. The van der Waals surface area contributed by atoms with Crippen molar-refractivity contribution in [2.24, 2.45) is 11.8 Å². The van der Waals surface area contributed by atoms with Crippen LogP contribution in [0.4, 0.5) is 0 Å². The number of carbonyl (C=O) groups excluding carboxylic acids is 1. The van der Waals surface area contributed by atoms with Gasteiger partial charge < -0.3 is 10.4 Å². The molecule has 2 N–H and O–H groups in total. The predicted molar refractivity (Wildman–Crippen MR) is 69.2 cm³/mol. The van der Waals surface area contributed by atoms with Gasteiger partial charge in [0.1, 0.15) is 5.75 Å². The third-order valence-corrected chi connectivity index (χ3v) is 3.12. The highest BCUT2D eigenvalue weighted by Crippen LogP contribution is 2.18. The second-order valence-electron chi connectivity index (χ2n) is 4.95. The van der Waals surface area contributed by atoms with Crippen LogP contribution in [0.3, 0.4) is 0 Å². The first kappa shape index (κ1) is 13.6. The van der Waals surface area contributed by atoms with Crippen LogP contribution in [0.1, 0.15) is 36.7 Å². The summed E-state index contributed by atoms with van der Waals surface area (Å²) in [7, 11) is 0. The third kappa shape index (κ3) is 3.77. The van der Waals surface area contributed by atoms with Gasteiger partial charge in [0.2, 0.25) is 0 Å². The number of hydrogen-bond acceptors (Lipinski definition) is 2. The fourth-order valence-electron chi connectivity index (χ4n) is 1.42. The maximum absolute atomic E-state index is 11.9. The lowest BCUT2D eigenvalue weighted by atomic mass is 9.98. The number of amides is 1. The molecule has 1 atom stereocenters. The number of rotatable bonds is 4. The molecular weight excluding hydrogens is 214 g/mol. The van der Waals surface area contributed by atoms with Crippen LogP contribution < -0.4 is 5.32 Å². The third-order valence-electron chi connectivity index (χ3n) is 3.12. The van der Waals surface area contributed by atoms with Gasteiger partial charge >= 0.3 is 0 Å². The minimum absolute atomic E-state index is 0.0327. The van der Waals surface area contributed by atoms with Gasteiger partial charge in [-0.25, -0.2) is 0 Å². The smallest absolute Gasteiger partial charge is 0.255 e. The maximum atomic E-state index is 11.9. The van der Waals surface area contributed by atoms with E-state index in [9.17, 15) is 9.90 Å². The second-order valence-corrected chi connectivity index (χ2v) is 4.95. The van der Waals surface area contributed by atoms with Crippen LogP contribution >= 0.6 is 0 Å². The molecule has 1 amide bonds. The van der Waals surface area contributed by atoms with Gasteiger partial charge in [-0.05, 0) is 30.9 Å². The molecule has 0 aromatic heterocycles. The molecule has 0 saturated carbocycles. The monoisotopic (exact) mass is 235 g/mol. The first-order valence-corrected chi connectivity index (χ1v) is 5.99. The Morgan fingerprint density at radius 1 is 1.35 bits per heavy atom. The molecule has 1 rings (SSSR count). The van der Waals surface area contributed by atoms with Crippen LogP contribution in [0, 0.1) is 18.8 Å². The molecule has 0 fully saturated rings. The van der Waals surface area contributed by atoms with Crippen LogP contribution in [0.15, 0.2) is 18.2 Å². The molecule has 0 bridgehead atoms. The molecule has 3 heteroatoms. The van der Waals surface area contributed by atoms with E-state index in [-0.39, 0.29) is 11.7 Å². The molecular formula is C14H21NO2. The molecule has 0 heterocycles. The van der Waals surface area contributed by atoms with Gasteiger partial charge in [0.15, 0.2) is 0 Å². The fourth-order valence-corrected chi connectivity index (χ4v) is 1.42. The Balaban J connectivity index is 2.67. The average molecular weight is 235 g/mol. The molecule has 0 aliphatic rings. The number of phenols is 1. The largest absolute Gasteiger partial charge is 0.507 e. The average Bonchev–Trinajstić information content (AvgIpc) is 2.28. The summed E-state index contributed by atoms with van der Waals surface area (Å²) in [6.45, 7) is 8.87. The van der Waals surface area contributed by atoms with Gasteiger partial charge in [0, 0.05) is 6.54 Å². The summed E-state index contributed by atoms with van der Waals surface area (Å²) in [6.07, 6.45) is 0. The Bertz CT molecular complexity index is 399. The summed E-state index contributed by atoms with van der Waals surface area (Å²) in [5, 5.41) is 12.5. The minimum atomic E-state index is -0.210. The molecule has 3 nitrogen and oxygen atoms in total. The Labute approximate surface area is 103 Å². The quantitative estimate of drug-likeness (QED) is 0.843. The van der Waals surface area contributed by atoms with Crippen LogP contribution in [0.2, 0.25) is 0 Å². The van der Waals surface area contributed by atoms with E-state index in [1.54, 1.807) is 18.2 Å². The van der Waals surface area contributed by atoms with E-state index in [1.165, 1.54) is 0 Å². The van der Waals surface area contributed by atoms with E-state index < -0.39 is 0 Å². The van der Waals surface area contributed by atoms with Crippen molar-refractivity contribution in [2.45, 2.75) is 27.7 Å². The van der Waals surface area contributed by atoms with Gasteiger partial charge in [0.25, 0.3) is 5.91 Å². The summed E-state index contributed by atoms with van der Waals surface area (Å²) in [5.74, 6) is 0.774. The number of nitrogens with one attached hydrogen (secondary N) is 1. The Hall–Kier alpha value is -1.51. The summed E-state index contributed by atoms with van der Waals surface area (Å²) in [6, 6.07) is 5.03. The number of carbonyl (C=O) groups is 1. The van der Waals surface area contributed by atoms with Crippen molar-refractivity contribution in [1.82, 2.24) is 5.32 Å². The lowest BCUT2D eigenvalue weighted by molar-refractivity contribution is 0.0942. The molecule has 0 aliphatic heterocycles. The van der Waals surface area contributed by atoms with Crippen LogP contribution in [-0.4, -0.2) is 17.6 Å². The molecule has 17 heavy (non-hydrogen) atoms. The highest BCUT2D eigenvalue weighted by atomic mass is 16.3. The zero-order chi connectivity index (χ0) is 13.0. The standard InChI is InChI=1S/C14H21NO2/c1-9(2)11(4)8-15-14(17)12-7-10(3)5-6-13(12)16/h5-7,9,11,16H,8H2,1-4H3,(H,15,17). The molecule has 0 aliphatic carbocycles. The van der Waals surface area contributed by atoms with Gasteiger partial charge in [-0.3, -0.25) is 4.79 Å². The Morgan fingerprint density at radius 2 is 2.00 bits per heavy atom. The van der Waals surface area contributed by atoms with Crippen molar-refractivity contribution in [2.75, 3.05) is 6.54 Å². The predicted octanol–water partition coefficient (Wildman–Crippen LogP) is 2.72. The van der Waals surface area contributed by atoms with Gasteiger partial charge in [-0.15, -0.1) is 0 Å². The molecule has 1 aromatic carbocycles. The van der Waals surface area contributed by atoms with Crippen molar-refractivity contribution in [1.29, 1.82) is 0 Å². The van der Waals surface area contributed by atoms with E-state index in [2.05, 4.69) is 26.1 Å². The Morgan fingerprint density at radius 3 is 2.59 bits per heavy atom. The summed E-state index contributed by atoms with van der Waals surface area (Å²) < 4.78 is 0. The maximum Gasteiger partial charge on any atom is 0.255 e. The van der Waals surface area contributed by atoms with E-state index in [0.717, 1.165) is 5.56 Å². The lowest BCUT2D eigenvalue weighted by Crippen LogP contribution is -2.30. The van der Waals surface area contributed by atoms with Crippen molar-refractivity contribution >= 4 is 5.91 Å². The molecule has 1 aromatic rings. The van der Waals surface area contributed by atoms with E-state index >= 15 is 0 Å².